The van der Waals surface area contributed by atoms with Gasteiger partial charge in [-0.1, -0.05) is 48.9 Å². The molecule has 0 bridgehead atoms. The first-order valence-corrected chi connectivity index (χ1v) is 11.6. The largest absolute Gasteiger partial charge is 0.356 e. The fourth-order valence-corrected chi connectivity index (χ4v) is 3.88. The zero-order chi connectivity index (χ0) is 21.9. The average molecular weight is 436 g/mol. The molecule has 0 aliphatic rings. The van der Waals surface area contributed by atoms with Gasteiger partial charge in [-0.2, -0.15) is 0 Å². The van der Waals surface area contributed by atoms with Crippen LogP contribution in [0.2, 0.25) is 0 Å². The van der Waals surface area contributed by atoms with Crippen molar-refractivity contribution in [2.75, 3.05) is 13.1 Å². The number of nitrogens with zero attached hydrogens (tertiary/aromatic N) is 1. The lowest BCUT2D eigenvalue weighted by Gasteiger charge is -2.07. The number of thiazole rings is 1. The van der Waals surface area contributed by atoms with Crippen molar-refractivity contribution in [3.63, 3.8) is 0 Å². The number of unbranched alkanes of at least 4 members (excludes halogenated alkanes) is 2. The van der Waals surface area contributed by atoms with Crippen molar-refractivity contribution in [3.8, 4) is 11.3 Å². The van der Waals surface area contributed by atoms with E-state index in [1.54, 1.807) is 23.5 Å². The fourth-order valence-electron chi connectivity index (χ4n) is 3.25. The Morgan fingerprint density at radius 1 is 0.903 bits per heavy atom. The summed E-state index contributed by atoms with van der Waals surface area (Å²) in [6.07, 6.45) is 3.95. The summed E-state index contributed by atoms with van der Waals surface area (Å²) in [4.78, 5) is 28.5. The van der Waals surface area contributed by atoms with Crippen molar-refractivity contribution >= 4 is 23.2 Å². The fraction of sp³-hybridized carbons (Fsp3) is 0.320. The second-order valence-electron chi connectivity index (χ2n) is 7.48. The van der Waals surface area contributed by atoms with Crippen LogP contribution in [-0.4, -0.2) is 29.9 Å². The van der Waals surface area contributed by atoms with Gasteiger partial charge < -0.3 is 10.6 Å². The van der Waals surface area contributed by atoms with E-state index in [1.165, 1.54) is 5.56 Å². The summed E-state index contributed by atoms with van der Waals surface area (Å²) in [7, 11) is 0. The summed E-state index contributed by atoms with van der Waals surface area (Å²) < 4.78 is 0. The minimum Gasteiger partial charge on any atom is -0.356 e. The van der Waals surface area contributed by atoms with E-state index >= 15 is 0 Å². The van der Waals surface area contributed by atoms with Gasteiger partial charge in [-0.25, -0.2) is 4.98 Å². The highest BCUT2D eigenvalue weighted by molar-refractivity contribution is 7.09. The first-order chi connectivity index (χ1) is 15.1. The Balaban J connectivity index is 1.24. The highest BCUT2D eigenvalue weighted by Gasteiger charge is 2.05. The van der Waals surface area contributed by atoms with Gasteiger partial charge >= 0.3 is 0 Å². The molecule has 0 atom stereocenters. The van der Waals surface area contributed by atoms with Crippen molar-refractivity contribution in [3.05, 3.63) is 76.1 Å². The van der Waals surface area contributed by atoms with E-state index < -0.39 is 0 Å². The predicted octanol–water partition coefficient (Wildman–Crippen LogP) is 4.77. The SMILES string of the molecule is Cc1nc(-c2ccc(CCNC(=O)CCCCCNC(=O)c3ccccc3)cc2)cs1. The molecule has 5 nitrogen and oxygen atoms in total. The molecule has 2 N–H and O–H groups in total. The molecule has 1 heterocycles. The van der Waals surface area contributed by atoms with E-state index in [9.17, 15) is 9.59 Å². The number of carbonyl (C=O) groups is 2. The Hall–Kier alpha value is -2.99. The number of amides is 2. The summed E-state index contributed by atoms with van der Waals surface area (Å²) >= 11 is 1.65. The Bertz CT molecular complexity index is 968. The quantitative estimate of drug-likeness (QED) is 0.426. The maximum atomic E-state index is 12.0. The lowest BCUT2D eigenvalue weighted by Crippen LogP contribution is -2.26. The minimum absolute atomic E-state index is 0.0481. The van der Waals surface area contributed by atoms with E-state index in [4.69, 9.17) is 0 Å². The average Bonchev–Trinajstić information content (AvgIpc) is 3.23. The zero-order valence-corrected chi connectivity index (χ0v) is 18.7. The second-order valence-corrected chi connectivity index (χ2v) is 8.54. The van der Waals surface area contributed by atoms with Gasteiger partial charge in [0.15, 0.2) is 0 Å². The van der Waals surface area contributed by atoms with Crippen LogP contribution < -0.4 is 10.6 Å². The number of benzene rings is 2. The molecule has 6 heteroatoms. The summed E-state index contributed by atoms with van der Waals surface area (Å²) in [5.74, 6) is 0.0379. The molecule has 31 heavy (non-hydrogen) atoms. The minimum atomic E-state index is -0.0481. The second kappa shape index (κ2) is 12.0. The third kappa shape index (κ3) is 7.64. The smallest absolute Gasteiger partial charge is 0.251 e. The number of rotatable bonds is 11. The normalized spacial score (nSPS) is 10.6. The Labute approximate surface area is 187 Å². The van der Waals surface area contributed by atoms with Crippen molar-refractivity contribution in [2.24, 2.45) is 0 Å². The van der Waals surface area contributed by atoms with Crippen molar-refractivity contribution in [2.45, 2.75) is 39.0 Å². The molecule has 2 aromatic carbocycles. The van der Waals surface area contributed by atoms with Crippen LogP contribution in [0.1, 0.15) is 46.6 Å². The molecule has 0 aliphatic heterocycles. The standard InChI is InChI=1S/C25H29N3O2S/c1-19-28-23(18-31-19)21-13-11-20(12-14-21)15-17-26-24(29)10-6-3-7-16-27-25(30)22-8-4-2-5-9-22/h2,4-5,8-9,11-14,18H,3,6-7,10,15-17H2,1H3,(H,26,29)(H,27,30). The number of aromatic nitrogens is 1. The van der Waals surface area contributed by atoms with Gasteiger partial charge in [0.1, 0.15) is 0 Å². The summed E-state index contributed by atoms with van der Waals surface area (Å²) in [6, 6.07) is 17.6. The molecular weight excluding hydrogens is 406 g/mol. The number of aryl methyl sites for hydroxylation is 1. The third-order valence-electron chi connectivity index (χ3n) is 5.01. The van der Waals surface area contributed by atoms with Gasteiger partial charge in [-0.15, -0.1) is 11.3 Å². The highest BCUT2D eigenvalue weighted by atomic mass is 32.1. The van der Waals surface area contributed by atoms with Crippen LogP contribution in [0.5, 0.6) is 0 Å². The summed E-state index contributed by atoms with van der Waals surface area (Å²) in [5.41, 5.74) is 4.01. The highest BCUT2D eigenvalue weighted by Crippen LogP contribution is 2.21. The molecule has 0 radical (unpaired) electrons. The van der Waals surface area contributed by atoms with Crippen LogP contribution in [0.25, 0.3) is 11.3 Å². The van der Waals surface area contributed by atoms with Gasteiger partial charge in [-0.05, 0) is 43.9 Å². The zero-order valence-electron chi connectivity index (χ0n) is 17.9. The van der Waals surface area contributed by atoms with Crippen molar-refractivity contribution < 1.29 is 9.59 Å². The molecular formula is C25H29N3O2S. The van der Waals surface area contributed by atoms with Crippen LogP contribution in [-0.2, 0) is 11.2 Å². The Kier molecular flexibility index (Phi) is 8.79. The van der Waals surface area contributed by atoms with Crippen LogP contribution in [0.3, 0.4) is 0 Å². The lowest BCUT2D eigenvalue weighted by atomic mass is 10.1. The van der Waals surface area contributed by atoms with Gasteiger partial charge in [0.05, 0.1) is 10.7 Å². The Morgan fingerprint density at radius 2 is 1.68 bits per heavy atom. The Morgan fingerprint density at radius 3 is 2.39 bits per heavy atom. The molecule has 0 fully saturated rings. The van der Waals surface area contributed by atoms with E-state index in [0.29, 0.717) is 25.1 Å². The molecule has 3 rings (SSSR count). The van der Waals surface area contributed by atoms with Gasteiger partial charge in [0.2, 0.25) is 5.91 Å². The van der Waals surface area contributed by atoms with E-state index in [1.807, 2.05) is 25.1 Å². The van der Waals surface area contributed by atoms with Crippen molar-refractivity contribution in [1.82, 2.24) is 15.6 Å². The topological polar surface area (TPSA) is 71.1 Å². The molecule has 0 unspecified atom stereocenters. The number of nitrogens with one attached hydrogen (secondary N) is 2. The van der Waals surface area contributed by atoms with Crippen LogP contribution in [0, 0.1) is 6.92 Å². The van der Waals surface area contributed by atoms with Crippen LogP contribution >= 0.6 is 11.3 Å². The van der Waals surface area contributed by atoms with Gasteiger partial charge in [-0.3, -0.25) is 9.59 Å². The molecule has 0 saturated carbocycles. The van der Waals surface area contributed by atoms with E-state index in [2.05, 4.69) is 45.3 Å². The summed E-state index contributed by atoms with van der Waals surface area (Å²) in [5, 5.41) is 9.04. The molecule has 3 aromatic rings. The predicted molar refractivity (Wildman–Crippen MR) is 126 cm³/mol. The first kappa shape index (κ1) is 22.7. The van der Waals surface area contributed by atoms with Crippen molar-refractivity contribution in [1.29, 1.82) is 0 Å². The molecule has 0 aliphatic carbocycles. The van der Waals surface area contributed by atoms with E-state index in [0.717, 1.165) is 41.9 Å². The molecule has 162 valence electrons. The molecule has 0 saturated heterocycles. The number of hydrogen-bond donors (Lipinski definition) is 2. The summed E-state index contributed by atoms with van der Waals surface area (Å²) in [6.45, 7) is 3.28. The van der Waals surface area contributed by atoms with E-state index in [-0.39, 0.29) is 11.8 Å². The number of hydrogen-bond acceptors (Lipinski definition) is 4. The maximum absolute atomic E-state index is 12.0. The molecule has 1 aromatic heterocycles. The number of carbonyl (C=O) groups excluding carboxylic acids is 2. The lowest BCUT2D eigenvalue weighted by molar-refractivity contribution is -0.121. The molecule has 0 spiro atoms. The first-order valence-electron chi connectivity index (χ1n) is 10.7. The van der Waals surface area contributed by atoms with Gasteiger partial charge in [0.25, 0.3) is 5.91 Å². The maximum Gasteiger partial charge on any atom is 0.251 e. The van der Waals surface area contributed by atoms with Crippen LogP contribution in [0.4, 0.5) is 0 Å². The van der Waals surface area contributed by atoms with Gasteiger partial charge in [0, 0.05) is 36.0 Å². The van der Waals surface area contributed by atoms with Crippen LogP contribution in [0.15, 0.2) is 60.0 Å². The monoisotopic (exact) mass is 435 g/mol. The molecule has 2 amide bonds. The third-order valence-corrected chi connectivity index (χ3v) is 5.78.